The molecule has 0 spiro atoms. The van der Waals surface area contributed by atoms with E-state index in [9.17, 15) is 4.79 Å². The Bertz CT molecular complexity index is 736. The first kappa shape index (κ1) is 12.9. The Hall–Kier alpha value is -2.12. The van der Waals surface area contributed by atoms with Crippen LogP contribution in [0, 0.1) is 6.92 Å². The minimum absolute atomic E-state index is 0.275. The Kier molecular flexibility index (Phi) is 3.53. The molecule has 5 nitrogen and oxygen atoms in total. The highest BCUT2D eigenvalue weighted by molar-refractivity contribution is 7.16. The second kappa shape index (κ2) is 5.48. The highest BCUT2D eigenvalue weighted by Gasteiger charge is 2.11. The maximum absolute atomic E-state index is 12.0. The normalized spacial score (nSPS) is 10.4. The Labute approximate surface area is 123 Å². The summed E-state index contributed by atoms with van der Waals surface area (Å²) in [6.07, 6.45) is 1.57. The number of nitrogens with one attached hydrogen (secondary N) is 1. The number of aryl methyl sites for hydroxylation is 1. The number of rotatable bonds is 3. The molecule has 1 amide bonds. The third-order valence-corrected chi connectivity index (χ3v) is 4.16. The lowest BCUT2D eigenvalue weighted by atomic mass is 10.4. The first-order chi connectivity index (χ1) is 9.72. The highest BCUT2D eigenvalue weighted by atomic mass is 32.1. The van der Waals surface area contributed by atoms with Gasteiger partial charge in [-0.25, -0.2) is 15.0 Å². The molecule has 0 saturated heterocycles. The van der Waals surface area contributed by atoms with E-state index in [0.717, 1.165) is 10.6 Å². The maximum Gasteiger partial charge on any atom is 0.276 e. The number of hydrogen-bond donors (Lipinski definition) is 1. The zero-order valence-corrected chi connectivity index (χ0v) is 12.2. The van der Waals surface area contributed by atoms with Gasteiger partial charge in [0.05, 0.1) is 10.6 Å². The summed E-state index contributed by atoms with van der Waals surface area (Å²) in [5, 5.41) is 7.24. The van der Waals surface area contributed by atoms with E-state index in [0.29, 0.717) is 16.6 Å². The van der Waals surface area contributed by atoms with Crippen molar-refractivity contribution in [1.82, 2.24) is 15.0 Å². The van der Waals surface area contributed by atoms with E-state index < -0.39 is 0 Å². The van der Waals surface area contributed by atoms with Gasteiger partial charge in [-0.3, -0.25) is 10.1 Å². The minimum Gasteiger partial charge on any atom is -0.296 e. The first-order valence-corrected chi connectivity index (χ1v) is 7.59. The predicted octanol–water partition coefficient (Wildman–Crippen LogP) is 3.22. The van der Waals surface area contributed by atoms with Gasteiger partial charge in [-0.15, -0.1) is 22.7 Å². The van der Waals surface area contributed by atoms with E-state index in [1.165, 1.54) is 11.3 Å². The van der Waals surface area contributed by atoms with E-state index in [1.54, 1.807) is 30.5 Å². The van der Waals surface area contributed by atoms with Crippen molar-refractivity contribution in [2.24, 2.45) is 0 Å². The lowest BCUT2D eigenvalue weighted by Crippen LogP contribution is -2.14. The van der Waals surface area contributed by atoms with Gasteiger partial charge >= 0.3 is 0 Å². The minimum atomic E-state index is -0.275. The average Bonchev–Trinajstić information content (AvgIpc) is 3.08. The van der Waals surface area contributed by atoms with Crippen molar-refractivity contribution in [1.29, 1.82) is 0 Å². The van der Waals surface area contributed by atoms with Gasteiger partial charge in [-0.1, -0.05) is 6.07 Å². The zero-order valence-electron chi connectivity index (χ0n) is 10.5. The van der Waals surface area contributed by atoms with E-state index in [-0.39, 0.29) is 5.91 Å². The average molecular weight is 302 g/mol. The lowest BCUT2D eigenvalue weighted by molar-refractivity contribution is 0.102. The molecule has 100 valence electrons. The van der Waals surface area contributed by atoms with Gasteiger partial charge in [-0.05, 0) is 24.4 Å². The molecule has 0 aromatic carbocycles. The number of hydrogen-bond acceptors (Lipinski definition) is 6. The van der Waals surface area contributed by atoms with Crippen molar-refractivity contribution in [2.45, 2.75) is 6.92 Å². The Morgan fingerprint density at radius 3 is 2.90 bits per heavy atom. The summed E-state index contributed by atoms with van der Waals surface area (Å²) < 4.78 is 0. The van der Waals surface area contributed by atoms with Crippen LogP contribution in [0.15, 0.2) is 35.2 Å². The van der Waals surface area contributed by atoms with Crippen LogP contribution in [0.4, 0.5) is 5.13 Å². The van der Waals surface area contributed by atoms with E-state index in [1.807, 2.05) is 22.9 Å². The number of nitrogens with zero attached hydrogens (tertiary/aromatic N) is 3. The van der Waals surface area contributed by atoms with Crippen molar-refractivity contribution >= 4 is 33.7 Å². The van der Waals surface area contributed by atoms with E-state index in [2.05, 4.69) is 20.3 Å². The number of aromatic nitrogens is 3. The number of amides is 1. The molecule has 0 atom stereocenters. The molecule has 0 fully saturated rings. The monoisotopic (exact) mass is 302 g/mol. The van der Waals surface area contributed by atoms with Crippen LogP contribution in [0.5, 0.6) is 0 Å². The number of carbonyl (C=O) groups excluding carboxylic acids is 1. The number of carbonyl (C=O) groups is 1. The largest absolute Gasteiger partial charge is 0.296 e. The van der Waals surface area contributed by atoms with Crippen molar-refractivity contribution in [3.63, 3.8) is 0 Å². The van der Waals surface area contributed by atoms with Gasteiger partial charge in [0.25, 0.3) is 5.91 Å². The number of anilines is 1. The van der Waals surface area contributed by atoms with Crippen LogP contribution in [0.1, 0.15) is 16.3 Å². The van der Waals surface area contributed by atoms with Gasteiger partial charge in [0.2, 0.25) is 0 Å². The van der Waals surface area contributed by atoms with E-state index in [4.69, 9.17) is 0 Å². The summed E-state index contributed by atoms with van der Waals surface area (Å²) in [7, 11) is 0. The molecule has 3 aromatic rings. The first-order valence-electron chi connectivity index (χ1n) is 5.83. The fourth-order valence-electron chi connectivity index (χ4n) is 1.61. The van der Waals surface area contributed by atoms with Crippen LogP contribution in [-0.2, 0) is 0 Å². The molecule has 7 heteroatoms. The van der Waals surface area contributed by atoms with Gasteiger partial charge in [0.1, 0.15) is 11.5 Å². The highest BCUT2D eigenvalue weighted by Crippen LogP contribution is 2.28. The molecule has 3 aromatic heterocycles. The number of thiophene rings is 1. The molecule has 0 aliphatic rings. The summed E-state index contributed by atoms with van der Waals surface area (Å²) in [6.45, 7) is 1.75. The second-order valence-corrected chi connectivity index (χ2v) is 5.76. The summed E-state index contributed by atoms with van der Waals surface area (Å²) in [6, 6.07) is 5.55. The zero-order chi connectivity index (χ0) is 13.9. The van der Waals surface area contributed by atoms with Gasteiger partial charge < -0.3 is 0 Å². The quantitative estimate of drug-likeness (QED) is 0.806. The summed E-state index contributed by atoms with van der Waals surface area (Å²) in [4.78, 5) is 25.6. The SMILES string of the molecule is Cc1nccc(C(=O)Nc2nc(-c3cccs3)cs2)n1. The molecule has 0 aliphatic heterocycles. The standard InChI is InChI=1S/C13H10N4OS2/c1-8-14-5-4-9(15-8)12(18)17-13-16-10(7-20-13)11-3-2-6-19-11/h2-7H,1H3,(H,16,17,18). The Morgan fingerprint density at radius 2 is 2.15 bits per heavy atom. The van der Waals surface area contributed by atoms with Crippen LogP contribution in [0.2, 0.25) is 0 Å². The fourth-order valence-corrected chi connectivity index (χ4v) is 3.08. The van der Waals surface area contributed by atoms with Gasteiger partial charge in [0, 0.05) is 11.6 Å². The molecule has 0 bridgehead atoms. The third kappa shape index (κ3) is 2.73. The lowest BCUT2D eigenvalue weighted by Gasteiger charge is -2.00. The molecule has 20 heavy (non-hydrogen) atoms. The van der Waals surface area contributed by atoms with Crippen LogP contribution in [-0.4, -0.2) is 20.9 Å². The van der Waals surface area contributed by atoms with Crippen LogP contribution in [0.25, 0.3) is 10.6 Å². The van der Waals surface area contributed by atoms with Gasteiger partial charge in [0.15, 0.2) is 5.13 Å². The second-order valence-electron chi connectivity index (χ2n) is 3.96. The molecule has 0 aliphatic carbocycles. The predicted molar refractivity (Wildman–Crippen MR) is 80.1 cm³/mol. The van der Waals surface area contributed by atoms with Crippen LogP contribution < -0.4 is 5.32 Å². The molecule has 0 unspecified atom stereocenters. The summed E-state index contributed by atoms with van der Waals surface area (Å²) in [5.41, 5.74) is 1.21. The van der Waals surface area contributed by atoms with Crippen LogP contribution >= 0.6 is 22.7 Å². The fraction of sp³-hybridized carbons (Fsp3) is 0.0769. The molecule has 0 saturated carbocycles. The van der Waals surface area contributed by atoms with Gasteiger partial charge in [-0.2, -0.15) is 0 Å². The van der Waals surface area contributed by atoms with E-state index >= 15 is 0 Å². The molecular weight excluding hydrogens is 292 g/mol. The van der Waals surface area contributed by atoms with Crippen LogP contribution in [0.3, 0.4) is 0 Å². The molecule has 3 heterocycles. The smallest absolute Gasteiger partial charge is 0.276 e. The van der Waals surface area contributed by atoms with Crippen molar-refractivity contribution in [3.8, 4) is 10.6 Å². The van der Waals surface area contributed by atoms with Crippen molar-refractivity contribution in [3.05, 3.63) is 46.7 Å². The summed E-state index contributed by atoms with van der Waals surface area (Å²) in [5.74, 6) is 0.290. The molecule has 1 N–H and O–H groups in total. The van der Waals surface area contributed by atoms with Crippen molar-refractivity contribution in [2.75, 3.05) is 5.32 Å². The molecule has 3 rings (SSSR count). The maximum atomic E-state index is 12.0. The topological polar surface area (TPSA) is 67.8 Å². The summed E-state index contributed by atoms with van der Waals surface area (Å²) >= 11 is 3.01. The Balaban J connectivity index is 1.77. The third-order valence-electron chi connectivity index (χ3n) is 2.51. The van der Waals surface area contributed by atoms with Crippen molar-refractivity contribution < 1.29 is 4.79 Å². The molecule has 0 radical (unpaired) electrons. The molecular formula is C13H10N4OS2. The number of thiazole rings is 1. The Morgan fingerprint density at radius 1 is 1.25 bits per heavy atom.